The predicted molar refractivity (Wildman–Crippen MR) is 157 cm³/mol. The number of piperidine rings is 1. The molecule has 12 heteroatoms. The van der Waals surface area contributed by atoms with Crippen LogP contribution in [0.25, 0.3) is 22.4 Å². The van der Waals surface area contributed by atoms with E-state index in [4.69, 9.17) is 21.3 Å². The normalized spacial score (nSPS) is 14.7. The van der Waals surface area contributed by atoms with Crippen molar-refractivity contribution in [1.29, 1.82) is 0 Å². The molecule has 1 aliphatic heterocycles. The molecule has 2 aromatic heterocycles. The van der Waals surface area contributed by atoms with E-state index in [9.17, 15) is 19.1 Å². The molecule has 1 aliphatic rings. The topological polar surface area (TPSA) is 135 Å². The van der Waals surface area contributed by atoms with Crippen molar-refractivity contribution in [3.63, 3.8) is 0 Å². The lowest BCUT2D eigenvalue weighted by molar-refractivity contribution is 0.132. The average molecular weight is 583 g/mol. The number of aryl methyl sites for hydroxylation is 1. The van der Waals surface area contributed by atoms with Crippen molar-refractivity contribution < 1.29 is 19.0 Å². The summed E-state index contributed by atoms with van der Waals surface area (Å²) in [5, 5.41) is 17.2. The van der Waals surface area contributed by atoms with E-state index in [0.29, 0.717) is 27.7 Å². The molecular formula is C29H32ClFN6O4. The lowest BCUT2D eigenvalue weighted by Gasteiger charge is -2.34. The molecule has 4 aromatic rings. The zero-order valence-corrected chi connectivity index (χ0v) is 23.3. The maximum atomic E-state index is 12.9. The second-order valence-corrected chi connectivity index (χ2v) is 10.5. The highest BCUT2D eigenvalue weighted by Gasteiger charge is 2.23. The quantitative estimate of drug-likeness (QED) is 0.193. The number of amides is 1. The van der Waals surface area contributed by atoms with Crippen LogP contribution >= 0.6 is 11.6 Å². The number of aliphatic hydroxyl groups is 1. The van der Waals surface area contributed by atoms with Crippen molar-refractivity contribution in [2.45, 2.75) is 31.9 Å². The molecule has 1 saturated heterocycles. The summed E-state index contributed by atoms with van der Waals surface area (Å²) in [5.41, 5.74) is 4.73. The van der Waals surface area contributed by atoms with Crippen LogP contribution in [-0.2, 0) is 4.74 Å². The molecule has 2 aromatic carbocycles. The highest BCUT2D eigenvalue weighted by molar-refractivity contribution is 6.30. The van der Waals surface area contributed by atoms with Crippen molar-refractivity contribution in [3.05, 3.63) is 75.2 Å². The third kappa shape index (κ3) is 6.63. The molecule has 1 atom stereocenters. The van der Waals surface area contributed by atoms with Crippen molar-refractivity contribution in [2.24, 2.45) is 0 Å². The highest BCUT2D eigenvalue weighted by atomic mass is 35.5. The zero-order valence-electron chi connectivity index (χ0n) is 22.5. The van der Waals surface area contributed by atoms with Gasteiger partial charge < -0.3 is 35.3 Å². The van der Waals surface area contributed by atoms with Gasteiger partial charge in [0.25, 0.3) is 5.56 Å². The van der Waals surface area contributed by atoms with Gasteiger partial charge in [0.05, 0.1) is 22.8 Å². The number of carbonyl (C=O) groups is 1. The first kappa shape index (κ1) is 28.4. The number of anilines is 2. The molecule has 1 unspecified atom stereocenters. The van der Waals surface area contributed by atoms with Gasteiger partial charge in [0.15, 0.2) is 0 Å². The molecule has 0 bridgehead atoms. The summed E-state index contributed by atoms with van der Waals surface area (Å²) in [5.74, 6) is 0.413. The molecule has 5 rings (SSSR count). The molecular weight excluding hydrogens is 551 g/mol. The Bertz CT molecular complexity index is 1580. The molecule has 10 nitrogen and oxygen atoms in total. The van der Waals surface area contributed by atoms with Crippen LogP contribution in [0.2, 0.25) is 5.02 Å². The van der Waals surface area contributed by atoms with Gasteiger partial charge in [0, 0.05) is 42.6 Å². The number of aromatic nitrogens is 3. The van der Waals surface area contributed by atoms with Crippen LogP contribution in [0.1, 0.15) is 30.1 Å². The second kappa shape index (κ2) is 12.6. The number of alkyl halides is 1. The number of halogens is 2. The molecule has 1 amide bonds. The van der Waals surface area contributed by atoms with Gasteiger partial charge in [-0.15, -0.1) is 0 Å². The fraction of sp³-hybridized carbons (Fsp3) is 0.345. The van der Waals surface area contributed by atoms with Crippen molar-refractivity contribution in [3.8, 4) is 11.4 Å². The Labute approximate surface area is 240 Å². The Morgan fingerprint density at radius 2 is 2.07 bits per heavy atom. The van der Waals surface area contributed by atoms with E-state index in [1.165, 1.54) is 0 Å². The van der Waals surface area contributed by atoms with Crippen molar-refractivity contribution in [2.75, 3.05) is 43.1 Å². The van der Waals surface area contributed by atoms with E-state index in [0.717, 1.165) is 48.2 Å². The third-order valence-electron chi connectivity index (χ3n) is 7.17. The Hall–Kier alpha value is -4.09. The van der Waals surface area contributed by atoms with Gasteiger partial charge in [0.2, 0.25) is 0 Å². The Balaban J connectivity index is 1.32. The lowest BCUT2D eigenvalue weighted by Crippen LogP contribution is -2.45. The molecule has 41 heavy (non-hydrogen) atoms. The van der Waals surface area contributed by atoms with E-state index < -0.39 is 18.9 Å². The van der Waals surface area contributed by atoms with Gasteiger partial charge in [-0.05, 0) is 61.2 Å². The maximum Gasteiger partial charge on any atom is 0.407 e. The number of hydrogen-bond donors (Lipinski definition) is 5. The van der Waals surface area contributed by atoms with Crippen LogP contribution in [0.4, 0.5) is 20.6 Å². The third-order valence-corrected chi connectivity index (χ3v) is 7.41. The number of rotatable bonds is 9. The number of aliphatic hydroxyl groups excluding tert-OH is 1. The molecule has 0 saturated carbocycles. The summed E-state index contributed by atoms with van der Waals surface area (Å²) in [6.07, 6.45) is 1.58. The summed E-state index contributed by atoms with van der Waals surface area (Å²) in [6, 6.07) is 12.8. The van der Waals surface area contributed by atoms with Gasteiger partial charge in [-0.25, -0.2) is 14.2 Å². The first-order valence-corrected chi connectivity index (χ1v) is 13.8. The van der Waals surface area contributed by atoms with Crippen molar-refractivity contribution >= 4 is 40.1 Å². The Morgan fingerprint density at radius 3 is 2.83 bits per heavy atom. The monoisotopic (exact) mass is 582 g/mol. The van der Waals surface area contributed by atoms with Gasteiger partial charge >= 0.3 is 6.09 Å². The Kier molecular flexibility index (Phi) is 8.75. The van der Waals surface area contributed by atoms with Crippen LogP contribution < -0.4 is 21.1 Å². The van der Waals surface area contributed by atoms with E-state index in [1.54, 1.807) is 36.5 Å². The molecule has 0 aliphatic carbocycles. The predicted octanol–water partition coefficient (Wildman–Crippen LogP) is 4.69. The van der Waals surface area contributed by atoms with Crippen LogP contribution in [0, 0.1) is 6.92 Å². The Morgan fingerprint density at radius 1 is 1.27 bits per heavy atom. The minimum absolute atomic E-state index is 0.0323. The number of pyridine rings is 1. The summed E-state index contributed by atoms with van der Waals surface area (Å²) in [6.45, 7) is 2.64. The lowest BCUT2D eigenvalue weighted by atomic mass is 10.0. The molecule has 5 N–H and O–H groups in total. The van der Waals surface area contributed by atoms with Crippen LogP contribution in [0.3, 0.4) is 0 Å². The summed E-state index contributed by atoms with van der Waals surface area (Å²) in [4.78, 5) is 37.7. The summed E-state index contributed by atoms with van der Waals surface area (Å²) < 4.78 is 17.0. The number of carbonyl (C=O) groups excluding carboxylic acids is 1. The molecule has 0 radical (unpaired) electrons. The summed E-state index contributed by atoms with van der Waals surface area (Å²) >= 11 is 6.06. The van der Waals surface area contributed by atoms with Gasteiger partial charge in [-0.2, -0.15) is 0 Å². The number of nitrogens with one attached hydrogen (secondary N) is 4. The minimum Gasteiger partial charge on any atom is -0.447 e. The fourth-order valence-corrected chi connectivity index (χ4v) is 5.29. The minimum atomic E-state index is -0.832. The number of benzene rings is 2. The molecule has 3 heterocycles. The van der Waals surface area contributed by atoms with Crippen molar-refractivity contribution in [1.82, 2.24) is 20.3 Å². The van der Waals surface area contributed by atoms with Gasteiger partial charge in [-0.3, -0.25) is 4.79 Å². The first-order chi connectivity index (χ1) is 19.8. The van der Waals surface area contributed by atoms with Crippen LogP contribution in [0.15, 0.2) is 53.5 Å². The fourth-order valence-electron chi connectivity index (χ4n) is 5.09. The second-order valence-electron chi connectivity index (χ2n) is 10.0. The number of nitrogens with zero attached hydrogens (tertiary/aromatic N) is 2. The first-order valence-electron chi connectivity index (χ1n) is 13.5. The largest absolute Gasteiger partial charge is 0.447 e. The number of aromatic amines is 2. The average Bonchev–Trinajstić information content (AvgIpc) is 3.39. The smallest absolute Gasteiger partial charge is 0.407 e. The number of imidazole rings is 1. The van der Waals surface area contributed by atoms with Gasteiger partial charge in [0.1, 0.15) is 24.7 Å². The zero-order chi connectivity index (χ0) is 28.9. The molecule has 216 valence electrons. The van der Waals surface area contributed by atoms with E-state index in [-0.39, 0.29) is 24.8 Å². The van der Waals surface area contributed by atoms with E-state index in [1.807, 2.05) is 13.0 Å². The summed E-state index contributed by atoms with van der Waals surface area (Å²) in [7, 11) is 0. The molecule has 1 fully saturated rings. The van der Waals surface area contributed by atoms with Crippen LogP contribution in [-0.4, -0.2) is 65.1 Å². The standard InChI is InChI=1S/C29H32ClFN6O4/c1-17-13-21(37-10-6-20(7-11-37)34-29(40)41-12-8-31)15-23-26(17)36-27(35-23)25-22(5-9-32-28(25)39)33-16-24(38)18-3-2-4-19(30)14-18/h2-5,9,13-15,20,24,38H,6-8,10-12,16H2,1H3,(H,34,40)(H,35,36)(H2,32,33,39). The van der Waals surface area contributed by atoms with Crippen LogP contribution in [0.5, 0.6) is 0 Å². The number of hydrogen-bond acceptors (Lipinski definition) is 7. The van der Waals surface area contributed by atoms with E-state index >= 15 is 0 Å². The number of alkyl carbamates (subject to hydrolysis) is 1. The highest BCUT2D eigenvalue weighted by Crippen LogP contribution is 2.30. The van der Waals surface area contributed by atoms with E-state index in [2.05, 4.69) is 31.6 Å². The van der Waals surface area contributed by atoms with Gasteiger partial charge in [-0.1, -0.05) is 23.7 Å². The SMILES string of the molecule is Cc1cc(N2CCC(NC(=O)OCCF)CC2)cc2[nH]c(-c3c(NCC(O)c4cccc(Cl)c4)cc[nH]c3=O)nc12. The number of ether oxygens (including phenoxy) is 1. The molecule has 0 spiro atoms. The number of fused-ring (bicyclic) bond motifs is 1. The maximum absolute atomic E-state index is 12.9. The number of H-pyrrole nitrogens is 2.